The molecule has 0 unspecified atom stereocenters. The fourth-order valence-corrected chi connectivity index (χ4v) is 8.60. The molecular weight excluding hydrogens is 701 g/mol. The highest BCUT2D eigenvalue weighted by molar-refractivity contribution is 6.10. The van der Waals surface area contributed by atoms with Gasteiger partial charge in [0.1, 0.15) is 0 Å². The summed E-state index contributed by atoms with van der Waals surface area (Å²) < 4.78 is 2.37. The Kier molecular flexibility index (Phi) is 8.19. The molecule has 11 aromatic rings. The number of benzene rings is 10. The van der Waals surface area contributed by atoms with E-state index in [0.29, 0.717) is 0 Å². The van der Waals surface area contributed by atoms with E-state index < -0.39 is 0 Å². The van der Waals surface area contributed by atoms with Crippen LogP contribution >= 0.6 is 0 Å². The number of fused-ring (bicyclic) bond motifs is 5. The average molecular weight is 739 g/mol. The van der Waals surface area contributed by atoms with E-state index in [2.05, 4.69) is 240 Å². The fraction of sp³-hybridized carbons (Fsp3) is 0. The summed E-state index contributed by atoms with van der Waals surface area (Å²) in [4.78, 5) is 2.36. The Balaban J connectivity index is 0.970. The Hall–Kier alpha value is -7.68. The first-order chi connectivity index (χ1) is 28.7. The van der Waals surface area contributed by atoms with E-state index >= 15 is 0 Å². The molecule has 0 amide bonds. The molecule has 11 rings (SSSR count). The number of aromatic nitrogens is 1. The Labute approximate surface area is 338 Å². The van der Waals surface area contributed by atoms with Gasteiger partial charge in [-0.1, -0.05) is 152 Å². The summed E-state index contributed by atoms with van der Waals surface area (Å²) in [6.07, 6.45) is 0. The molecule has 0 fully saturated rings. The third-order valence-corrected chi connectivity index (χ3v) is 11.6. The maximum absolute atomic E-state index is 2.37. The number of hydrogen-bond acceptors (Lipinski definition) is 1. The lowest BCUT2D eigenvalue weighted by atomic mass is 9.99. The minimum Gasteiger partial charge on any atom is -0.311 e. The van der Waals surface area contributed by atoms with Gasteiger partial charge in [-0.15, -0.1) is 0 Å². The van der Waals surface area contributed by atoms with Crippen LogP contribution in [-0.2, 0) is 0 Å². The van der Waals surface area contributed by atoms with Crippen LogP contribution in [0, 0.1) is 0 Å². The fourth-order valence-electron chi connectivity index (χ4n) is 8.60. The average Bonchev–Trinajstić information content (AvgIpc) is 3.63. The predicted octanol–water partition coefficient (Wildman–Crippen LogP) is 15.6. The highest BCUT2D eigenvalue weighted by atomic mass is 15.1. The Morgan fingerprint density at radius 3 is 1.19 bits per heavy atom. The van der Waals surface area contributed by atoms with Gasteiger partial charge in [0.05, 0.1) is 11.0 Å². The van der Waals surface area contributed by atoms with Crippen molar-refractivity contribution >= 4 is 60.4 Å². The number of rotatable bonds is 7. The monoisotopic (exact) mass is 738 g/mol. The zero-order chi connectivity index (χ0) is 38.4. The number of nitrogens with zero attached hydrogens (tertiary/aromatic N) is 2. The van der Waals surface area contributed by atoms with E-state index in [4.69, 9.17) is 0 Å². The van der Waals surface area contributed by atoms with E-state index in [-0.39, 0.29) is 0 Å². The molecule has 0 saturated heterocycles. The third kappa shape index (κ3) is 6.00. The van der Waals surface area contributed by atoms with Crippen LogP contribution in [0.1, 0.15) is 0 Å². The van der Waals surface area contributed by atoms with Crippen LogP contribution in [-0.4, -0.2) is 4.57 Å². The summed E-state index contributed by atoms with van der Waals surface area (Å²) in [5.41, 5.74) is 14.1. The topological polar surface area (TPSA) is 8.17 Å². The molecule has 10 aromatic carbocycles. The lowest BCUT2D eigenvalue weighted by Crippen LogP contribution is -2.09. The van der Waals surface area contributed by atoms with Crippen LogP contribution in [0.4, 0.5) is 17.1 Å². The van der Waals surface area contributed by atoms with E-state index in [1.165, 1.54) is 82.4 Å². The molecule has 0 spiro atoms. The molecular formula is C56H38N2. The van der Waals surface area contributed by atoms with Gasteiger partial charge in [0.2, 0.25) is 0 Å². The van der Waals surface area contributed by atoms with Gasteiger partial charge in [-0.3, -0.25) is 0 Å². The van der Waals surface area contributed by atoms with Gasteiger partial charge in [-0.05, 0) is 134 Å². The summed E-state index contributed by atoms with van der Waals surface area (Å²) >= 11 is 0. The zero-order valence-electron chi connectivity index (χ0n) is 31.8. The van der Waals surface area contributed by atoms with Gasteiger partial charge in [-0.2, -0.15) is 0 Å². The van der Waals surface area contributed by atoms with E-state index in [9.17, 15) is 0 Å². The maximum Gasteiger partial charge on any atom is 0.0541 e. The van der Waals surface area contributed by atoms with Crippen LogP contribution in [0.25, 0.3) is 82.4 Å². The van der Waals surface area contributed by atoms with Gasteiger partial charge in [0, 0.05) is 33.5 Å². The number of para-hydroxylation sites is 2. The largest absolute Gasteiger partial charge is 0.311 e. The predicted molar refractivity (Wildman–Crippen MR) is 247 cm³/mol. The molecule has 2 nitrogen and oxygen atoms in total. The zero-order valence-corrected chi connectivity index (χ0v) is 31.8. The quantitative estimate of drug-likeness (QED) is 0.158. The van der Waals surface area contributed by atoms with Crippen LogP contribution in [0.5, 0.6) is 0 Å². The first-order valence-electron chi connectivity index (χ1n) is 19.9. The minimum absolute atomic E-state index is 1.10. The number of anilines is 3. The molecule has 0 bridgehead atoms. The van der Waals surface area contributed by atoms with E-state index in [0.717, 1.165) is 17.1 Å². The molecule has 0 aliphatic carbocycles. The second kappa shape index (κ2) is 14.1. The van der Waals surface area contributed by atoms with Crippen LogP contribution in [0.15, 0.2) is 231 Å². The van der Waals surface area contributed by atoms with Crippen molar-refractivity contribution in [2.75, 3.05) is 4.90 Å². The Morgan fingerprint density at radius 1 is 0.259 bits per heavy atom. The summed E-state index contributed by atoms with van der Waals surface area (Å²) in [6, 6.07) is 83.7. The van der Waals surface area contributed by atoms with Crippen molar-refractivity contribution in [1.82, 2.24) is 4.57 Å². The van der Waals surface area contributed by atoms with Crippen molar-refractivity contribution in [1.29, 1.82) is 0 Å². The van der Waals surface area contributed by atoms with Crippen molar-refractivity contribution in [2.45, 2.75) is 0 Å². The Morgan fingerprint density at radius 2 is 0.655 bits per heavy atom. The number of hydrogen-bond donors (Lipinski definition) is 0. The molecule has 1 aromatic heterocycles. The van der Waals surface area contributed by atoms with E-state index in [1.807, 2.05) is 0 Å². The molecule has 0 N–H and O–H groups in total. The lowest BCUT2D eigenvalue weighted by Gasteiger charge is -2.26. The molecule has 0 atom stereocenters. The minimum atomic E-state index is 1.10. The maximum atomic E-state index is 2.37. The van der Waals surface area contributed by atoms with Crippen molar-refractivity contribution in [3.8, 4) is 39.1 Å². The first kappa shape index (κ1) is 33.6. The molecule has 272 valence electrons. The standard InChI is InChI=1S/C56H38N2/c1-2-14-49(15-3-1)58-55-17-9-8-16-53(55)54-38-48(28-35-56(54)58)43-26-33-52(34-27-43)57(50-29-22-41(23-30-50)46-20-18-39-10-4-6-12-44(39)36-46)51-31-24-42(25-32-51)47-21-19-40-11-5-7-13-45(40)37-47/h1-38H. The third-order valence-electron chi connectivity index (χ3n) is 11.6. The molecule has 2 heteroatoms. The summed E-state index contributed by atoms with van der Waals surface area (Å²) in [5.74, 6) is 0. The van der Waals surface area contributed by atoms with Gasteiger partial charge in [-0.25, -0.2) is 0 Å². The van der Waals surface area contributed by atoms with Crippen molar-refractivity contribution < 1.29 is 0 Å². The summed E-state index contributed by atoms with van der Waals surface area (Å²) in [5, 5.41) is 7.51. The van der Waals surface area contributed by atoms with Gasteiger partial charge < -0.3 is 9.47 Å². The smallest absolute Gasteiger partial charge is 0.0541 e. The SMILES string of the molecule is c1ccc(-n2c3ccccc3c3cc(-c4ccc(N(c5ccc(-c6ccc7ccccc7c6)cc5)c5ccc(-c6ccc7ccccc7c6)cc5)cc4)ccc32)cc1. The highest BCUT2D eigenvalue weighted by Gasteiger charge is 2.16. The highest BCUT2D eigenvalue weighted by Crippen LogP contribution is 2.40. The molecule has 0 radical (unpaired) electrons. The van der Waals surface area contributed by atoms with Crippen molar-refractivity contribution in [2.24, 2.45) is 0 Å². The molecule has 0 aliphatic heterocycles. The van der Waals surface area contributed by atoms with Crippen molar-refractivity contribution in [3.05, 3.63) is 231 Å². The molecule has 0 saturated carbocycles. The molecule has 1 heterocycles. The van der Waals surface area contributed by atoms with Crippen LogP contribution in [0.2, 0.25) is 0 Å². The van der Waals surface area contributed by atoms with Gasteiger partial charge in [0.25, 0.3) is 0 Å². The summed E-state index contributed by atoms with van der Waals surface area (Å²) in [7, 11) is 0. The van der Waals surface area contributed by atoms with Gasteiger partial charge in [0.15, 0.2) is 0 Å². The van der Waals surface area contributed by atoms with Gasteiger partial charge >= 0.3 is 0 Å². The second-order valence-electron chi connectivity index (χ2n) is 15.0. The lowest BCUT2D eigenvalue weighted by molar-refractivity contribution is 1.18. The summed E-state index contributed by atoms with van der Waals surface area (Å²) in [6.45, 7) is 0. The Bertz CT molecular complexity index is 3130. The van der Waals surface area contributed by atoms with Crippen LogP contribution < -0.4 is 4.90 Å². The second-order valence-corrected chi connectivity index (χ2v) is 15.0. The van der Waals surface area contributed by atoms with Crippen LogP contribution in [0.3, 0.4) is 0 Å². The first-order valence-corrected chi connectivity index (χ1v) is 19.9. The molecule has 0 aliphatic rings. The van der Waals surface area contributed by atoms with Crippen molar-refractivity contribution in [3.63, 3.8) is 0 Å². The normalized spacial score (nSPS) is 11.4. The van der Waals surface area contributed by atoms with E-state index in [1.54, 1.807) is 0 Å². The molecule has 58 heavy (non-hydrogen) atoms.